The first kappa shape index (κ1) is 17.2. The molecule has 0 saturated carbocycles. The summed E-state index contributed by atoms with van der Waals surface area (Å²) < 4.78 is 0. The van der Waals surface area contributed by atoms with E-state index in [1.165, 1.54) is 12.1 Å². The van der Waals surface area contributed by atoms with E-state index in [9.17, 15) is 14.9 Å². The van der Waals surface area contributed by atoms with Crippen LogP contribution >= 0.6 is 0 Å². The highest BCUT2D eigenvalue weighted by Crippen LogP contribution is 2.19. The number of amides is 1. The minimum atomic E-state index is -1.16. The highest BCUT2D eigenvalue weighted by atomic mass is 16.4. The second kappa shape index (κ2) is 7.93. The average molecular weight is 322 g/mol. The molecular weight excluding hydrogens is 304 g/mol. The summed E-state index contributed by atoms with van der Waals surface area (Å²) in [6.07, 6.45) is 2.84. The minimum Gasteiger partial charge on any atom is -0.478 e. The fourth-order valence-corrected chi connectivity index (χ4v) is 2.41. The van der Waals surface area contributed by atoms with Gasteiger partial charge in [-0.1, -0.05) is 31.5 Å². The Balaban J connectivity index is 2.24. The van der Waals surface area contributed by atoms with Gasteiger partial charge in [0.2, 0.25) is 0 Å². The molecule has 5 heteroatoms. The number of anilines is 1. The van der Waals surface area contributed by atoms with E-state index < -0.39 is 11.9 Å². The van der Waals surface area contributed by atoms with Crippen LogP contribution in [0.2, 0.25) is 0 Å². The number of hydrogen-bond donors (Lipinski definition) is 2. The van der Waals surface area contributed by atoms with Gasteiger partial charge in [0.25, 0.3) is 5.91 Å². The zero-order chi connectivity index (χ0) is 17.5. The molecule has 2 aromatic carbocycles. The van der Waals surface area contributed by atoms with E-state index >= 15 is 0 Å². The van der Waals surface area contributed by atoms with Crippen molar-refractivity contribution in [1.82, 2.24) is 0 Å². The SMILES string of the molecule is CCCCc1ccc(NC(=O)c2ccccc2C(=O)O)cc1C#N. The molecule has 0 aliphatic heterocycles. The summed E-state index contributed by atoms with van der Waals surface area (Å²) in [4.78, 5) is 23.5. The zero-order valence-electron chi connectivity index (χ0n) is 13.4. The summed E-state index contributed by atoms with van der Waals surface area (Å²) in [5, 5.41) is 21.1. The van der Waals surface area contributed by atoms with Crippen molar-refractivity contribution in [1.29, 1.82) is 5.26 Å². The number of aryl methyl sites for hydroxylation is 1. The molecular formula is C19H18N2O3. The van der Waals surface area contributed by atoms with Gasteiger partial charge in [-0.2, -0.15) is 5.26 Å². The summed E-state index contributed by atoms with van der Waals surface area (Å²) in [6.45, 7) is 2.08. The first-order valence-corrected chi connectivity index (χ1v) is 7.73. The predicted octanol–water partition coefficient (Wildman–Crippen LogP) is 3.85. The number of rotatable bonds is 6. The number of unbranched alkanes of at least 4 members (excludes halogenated alkanes) is 1. The van der Waals surface area contributed by atoms with E-state index in [1.807, 2.05) is 6.07 Å². The molecule has 0 unspecified atom stereocenters. The molecule has 122 valence electrons. The number of nitrogens with one attached hydrogen (secondary N) is 1. The number of carbonyl (C=O) groups is 2. The molecule has 0 aromatic heterocycles. The normalized spacial score (nSPS) is 10.0. The van der Waals surface area contributed by atoms with Crippen molar-refractivity contribution in [3.63, 3.8) is 0 Å². The Hall–Kier alpha value is -3.13. The van der Waals surface area contributed by atoms with Crippen molar-refractivity contribution in [2.75, 3.05) is 5.32 Å². The van der Waals surface area contributed by atoms with Crippen molar-refractivity contribution in [2.45, 2.75) is 26.2 Å². The Bertz CT molecular complexity index is 806. The quantitative estimate of drug-likeness (QED) is 0.845. The first-order chi connectivity index (χ1) is 11.6. The van der Waals surface area contributed by atoms with E-state index in [0.29, 0.717) is 11.3 Å². The van der Waals surface area contributed by atoms with Gasteiger partial charge in [-0.25, -0.2) is 4.79 Å². The molecule has 0 radical (unpaired) electrons. The summed E-state index contributed by atoms with van der Waals surface area (Å²) in [5.41, 5.74) is 1.96. The van der Waals surface area contributed by atoms with Gasteiger partial charge in [-0.15, -0.1) is 0 Å². The number of nitriles is 1. The third-order valence-electron chi connectivity index (χ3n) is 3.69. The molecule has 0 fully saturated rings. The number of nitrogens with zero attached hydrogens (tertiary/aromatic N) is 1. The molecule has 0 heterocycles. The number of carboxylic acid groups (broad SMARTS) is 1. The Kier molecular flexibility index (Phi) is 5.69. The van der Waals surface area contributed by atoms with Crippen LogP contribution in [0.3, 0.4) is 0 Å². The third kappa shape index (κ3) is 3.99. The van der Waals surface area contributed by atoms with E-state index in [2.05, 4.69) is 18.3 Å². The van der Waals surface area contributed by atoms with Crippen molar-refractivity contribution in [3.8, 4) is 6.07 Å². The van der Waals surface area contributed by atoms with Crippen molar-refractivity contribution >= 4 is 17.6 Å². The fraction of sp³-hybridized carbons (Fsp3) is 0.211. The van der Waals surface area contributed by atoms with E-state index in [4.69, 9.17) is 5.11 Å². The second-order valence-electron chi connectivity index (χ2n) is 5.39. The highest BCUT2D eigenvalue weighted by Gasteiger charge is 2.16. The standard InChI is InChI=1S/C19H18N2O3/c1-2-3-6-13-9-10-15(11-14(13)12-20)21-18(22)16-7-4-5-8-17(16)19(23)24/h4-5,7-11H,2-3,6H2,1H3,(H,21,22)(H,23,24). The third-order valence-corrected chi connectivity index (χ3v) is 3.69. The van der Waals surface area contributed by atoms with Gasteiger partial charge in [-0.3, -0.25) is 4.79 Å². The molecule has 2 N–H and O–H groups in total. The van der Waals surface area contributed by atoms with Crippen LogP contribution < -0.4 is 5.32 Å². The summed E-state index contributed by atoms with van der Waals surface area (Å²) in [7, 11) is 0. The van der Waals surface area contributed by atoms with Crippen molar-refractivity contribution < 1.29 is 14.7 Å². The molecule has 1 amide bonds. The maximum Gasteiger partial charge on any atom is 0.336 e. The molecule has 5 nitrogen and oxygen atoms in total. The Morgan fingerprint density at radius 1 is 1.17 bits per heavy atom. The van der Waals surface area contributed by atoms with Crippen LogP contribution in [0.4, 0.5) is 5.69 Å². The number of benzene rings is 2. The van der Waals surface area contributed by atoms with Crippen LogP contribution in [-0.2, 0) is 6.42 Å². The fourth-order valence-electron chi connectivity index (χ4n) is 2.41. The summed E-state index contributed by atoms with van der Waals surface area (Å²) in [5.74, 6) is -1.67. The Labute approximate surface area is 140 Å². The molecule has 2 aromatic rings. The lowest BCUT2D eigenvalue weighted by molar-refractivity contribution is 0.0692. The molecule has 0 spiro atoms. The van der Waals surface area contributed by atoms with Crippen molar-refractivity contribution in [2.24, 2.45) is 0 Å². The predicted molar refractivity (Wildman–Crippen MR) is 91.1 cm³/mol. The van der Waals surface area contributed by atoms with Gasteiger partial charge in [0, 0.05) is 5.69 Å². The summed E-state index contributed by atoms with van der Waals surface area (Å²) in [6, 6.07) is 13.3. The topological polar surface area (TPSA) is 90.2 Å². The van der Waals surface area contributed by atoms with Gasteiger partial charge in [0.05, 0.1) is 22.8 Å². The molecule has 0 bridgehead atoms. The Morgan fingerprint density at radius 2 is 1.88 bits per heavy atom. The van der Waals surface area contributed by atoms with Crippen LogP contribution in [0.5, 0.6) is 0 Å². The lowest BCUT2D eigenvalue weighted by Gasteiger charge is -2.10. The van der Waals surface area contributed by atoms with E-state index in [0.717, 1.165) is 24.8 Å². The molecule has 24 heavy (non-hydrogen) atoms. The van der Waals surface area contributed by atoms with Gasteiger partial charge in [-0.05, 0) is 42.7 Å². The lowest BCUT2D eigenvalue weighted by atomic mass is 10.0. The van der Waals surface area contributed by atoms with E-state index in [1.54, 1.807) is 24.3 Å². The maximum absolute atomic E-state index is 12.3. The largest absolute Gasteiger partial charge is 0.478 e. The Morgan fingerprint density at radius 3 is 2.50 bits per heavy atom. The minimum absolute atomic E-state index is 0.0601. The zero-order valence-corrected chi connectivity index (χ0v) is 13.4. The highest BCUT2D eigenvalue weighted by molar-refractivity contribution is 6.10. The van der Waals surface area contributed by atoms with Crippen molar-refractivity contribution in [3.05, 3.63) is 64.7 Å². The van der Waals surface area contributed by atoms with Crippen LogP contribution in [0.1, 0.15) is 51.6 Å². The molecule has 2 rings (SSSR count). The molecule has 0 aliphatic carbocycles. The molecule has 0 saturated heterocycles. The van der Waals surface area contributed by atoms with Gasteiger partial charge >= 0.3 is 5.97 Å². The molecule has 0 atom stereocenters. The van der Waals surface area contributed by atoms with Crippen LogP contribution in [0, 0.1) is 11.3 Å². The number of aromatic carboxylic acids is 1. The van der Waals surface area contributed by atoms with Gasteiger partial charge in [0.1, 0.15) is 0 Å². The smallest absolute Gasteiger partial charge is 0.336 e. The summed E-state index contributed by atoms with van der Waals surface area (Å²) >= 11 is 0. The van der Waals surface area contributed by atoms with Crippen LogP contribution in [0.25, 0.3) is 0 Å². The lowest BCUT2D eigenvalue weighted by Crippen LogP contribution is -2.16. The second-order valence-corrected chi connectivity index (χ2v) is 5.39. The number of carbonyl (C=O) groups excluding carboxylic acids is 1. The molecule has 0 aliphatic rings. The number of hydrogen-bond acceptors (Lipinski definition) is 3. The number of carboxylic acids is 1. The first-order valence-electron chi connectivity index (χ1n) is 7.73. The van der Waals surface area contributed by atoms with Gasteiger partial charge in [0.15, 0.2) is 0 Å². The monoisotopic (exact) mass is 322 g/mol. The van der Waals surface area contributed by atoms with E-state index in [-0.39, 0.29) is 11.1 Å². The average Bonchev–Trinajstić information content (AvgIpc) is 2.60. The van der Waals surface area contributed by atoms with Gasteiger partial charge < -0.3 is 10.4 Å². The maximum atomic E-state index is 12.3. The van der Waals surface area contributed by atoms with Crippen LogP contribution in [-0.4, -0.2) is 17.0 Å². The van der Waals surface area contributed by atoms with Crippen LogP contribution in [0.15, 0.2) is 42.5 Å².